The lowest BCUT2D eigenvalue weighted by atomic mass is 9.96. The van der Waals surface area contributed by atoms with Crippen LogP contribution >= 0.6 is 12.6 Å². The molecule has 1 saturated heterocycles. The molecule has 0 aromatic rings. The maximum absolute atomic E-state index is 12.4. The zero-order valence-electron chi connectivity index (χ0n) is 9.47. The molecule has 0 aromatic heterocycles. The third-order valence-electron chi connectivity index (χ3n) is 3.18. The highest BCUT2D eigenvalue weighted by Crippen LogP contribution is 2.34. The van der Waals surface area contributed by atoms with Crippen molar-refractivity contribution in [2.75, 3.05) is 25.4 Å². The minimum absolute atomic E-state index is 0.274. The Morgan fingerprint density at radius 1 is 1.06 bits per heavy atom. The summed E-state index contributed by atoms with van der Waals surface area (Å²) in [6.45, 7) is 2.15. The third-order valence-corrected chi connectivity index (χ3v) is 3.50. The van der Waals surface area contributed by atoms with Crippen LogP contribution in [0.15, 0.2) is 0 Å². The van der Waals surface area contributed by atoms with Gasteiger partial charge in [0.05, 0.1) is 5.92 Å². The normalized spacial score (nSPS) is 20.2. The summed E-state index contributed by atoms with van der Waals surface area (Å²) in [6, 6.07) is 0. The van der Waals surface area contributed by atoms with Gasteiger partial charge < -0.3 is 4.90 Å². The Hall–Kier alpha value is 0.100. The molecule has 0 spiro atoms. The van der Waals surface area contributed by atoms with Crippen molar-refractivity contribution < 1.29 is 13.2 Å². The molecule has 1 rings (SSSR count). The van der Waals surface area contributed by atoms with E-state index in [0.29, 0.717) is 13.1 Å². The monoisotopic (exact) mass is 255 g/mol. The number of likely N-dealkylation sites (tertiary alicyclic amines) is 1. The molecule has 0 amide bonds. The highest BCUT2D eigenvalue weighted by Gasteiger charge is 2.40. The van der Waals surface area contributed by atoms with E-state index in [2.05, 4.69) is 17.5 Å². The molecule has 0 unspecified atom stereocenters. The highest BCUT2D eigenvalue weighted by molar-refractivity contribution is 7.80. The Kier molecular flexibility index (Phi) is 5.97. The van der Waals surface area contributed by atoms with Gasteiger partial charge in [-0.05, 0) is 51.1 Å². The van der Waals surface area contributed by atoms with Crippen LogP contribution in [0.3, 0.4) is 0 Å². The molecule has 1 heterocycles. The van der Waals surface area contributed by atoms with E-state index in [4.69, 9.17) is 0 Å². The summed E-state index contributed by atoms with van der Waals surface area (Å²) in [5.74, 6) is -0.169. The van der Waals surface area contributed by atoms with Crippen LogP contribution in [-0.2, 0) is 0 Å². The molecule has 1 nitrogen and oxygen atoms in total. The van der Waals surface area contributed by atoms with Crippen LogP contribution < -0.4 is 0 Å². The fourth-order valence-electron chi connectivity index (χ4n) is 2.11. The molecular weight excluding hydrogens is 235 g/mol. The van der Waals surface area contributed by atoms with Crippen LogP contribution in [0.5, 0.6) is 0 Å². The number of thiol groups is 1. The molecule has 96 valence electrons. The molecule has 1 aliphatic heterocycles. The maximum atomic E-state index is 12.4. The van der Waals surface area contributed by atoms with Gasteiger partial charge in [-0.3, -0.25) is 0 Å². The van der Waals surface area contributed by atoms with Gasteiger partial charge in [0.25, 0.3) is 0 Å². The van der Waals surface area contributed by atoms with Gasteiger partial charge in [0.2, 0.25) is 0 Å². The van der Waals surface area contributed by atoms with E-state index in [1.165, 1.54) is 0 Å². The van der Waals surface area contributed by atoms with Gasteiger partial charge in [0, 0.05) is 0 Å². The SMILES string of the molecule is FC(F)(F)C1CCN(CCCCCS)CC1. The van der Waals surface area contributed by atoms with E-state index in [-0.39, 0.29) is 12.8 Å². The summed E-state index contributed by atoms with van der Waals surface area (Å²) in [6.07, 6.45) is -0.133. The Labute approximate surface area is 101 Å². The lowest BCUT2D eigenvalue weighted by molar-refractivity contribution is -0.185. The van der Waals surface area contributed by atoms with Gasteiger partial charge in [-0.25, -0.2) is 0 Å². The summed E-state index contributed by atoms with van der Waals surface area (Å²) >= 11 is 4.13. The molecule has 1 fully saturated rings. The predicted molar refractivity (Wildman–Crippen MR) is 62.9 cm³/mol. The first kappa shape index (κ1) is 14.2. The lowest BCUT2D eigenvalue weighted by Crippen LogP contribution is -2.39. The first-order chi connectivity index (χ1) is 7.54. The van der Waals surface area contributed by atoms with Gasteiger partial charge in [0.1, 0.15) is 0 Å². The maximum Gasteiger partial charge on any atom is 0.391 e. The molecule has 16 heavy (non-hydrogen) atoms. The van der Waals surface area contributed by atoms with Crippen LogP contribution in [0.2, 0.25) is 0 Å². The Morgan fingerprint density at radius 3 is 2.19 bits per heavy atom. The molecule has 0 bridgehead atoms. The number of hydrogen-bond acceptors (Lipinski definition) is 2. The number of rotatable bonds is 5. The molecule has 0 saturated carbocycles. The number of nitrogens with zero attached hydrogens (tertiary/aromatic N) is 1. The summed E-state index contributed by atoms with van der Waals surface area (Å²) in [4.78, 5) is 2.15. The zero-order valence-corrected chi connectivity index (χ0v) is 10.4. The van der Waals surface area contributed by atoms with E-state index in [1.807, 2.05) is 0 Å². The van der Waals surface area contributed by atoms with Crippen LogP contribution in [0, 0.1) is 5.92 Å². The largest absolute Gasteiger partial charge is 0.391 e. The van der Waals surface area contributed by atoms with E-state index < -0.39 is 12.1 Å². The number of unbranched alkanes of at least 4 members (excludes halogenated alkanes) is 2. The third kappa shape index (κ3) is 4.95. The Balaban J connectivity index is 2.12. The minimum Gasteiger partial charge on any atom is -0.303 e. The van der Waals surface area contributed by atoms with Crippen molar-refractivity contribution in [1.29, 1.82) is 0 Å². The van der Waals surface area contributed by atoms with Crippen molar-refractivity contribution in [1.82, 2.24) is 4.90 Å². The molecule has 1 aliphatic rings. The van der Waals surface area contributed by atoms with Gasteiger partial charge in [-0.1, -0.05) is 6.42 Å². The summed E-state index contributed by atoms with van der Waals surface area (Å²) < 4.78 is 37.2. The summed E-state index contributed by atoms with van der Waals surface area (Å²) in [5.41, 5.74) is 0. The number of piperidine rings is 1. The summed E-state index contributed by atoms with van der Waals surface area (Å²) in [7, 11) is 0. The molecular formula is C11H20F3NS. The van der Waals surface area contributed by atoms with Gasteiger partial charge >= 0.3 is 6.18 Å². The number of hydrogen-bond donors (Lipinski definition) is 1. The standard InChI is InChI=1S/C11H20F3NS/c12-11(13,14)10-4-7-15(8-5-10)6-2-1-3-9-16/h10,16H,1-9H2. The van der Waals surface area contributed by atoms with E-state index in [1.54, 1.807) is 0 Å². The topological polar surface area (TPSA) is 3.24 Å². The van der Waals surface area contributed by atoms with E-state index in [0.717, 1.165) is 31.6 Å². The molecule has 0 N–H and O–H groups in total. The average Bonchev–Trinajstić information content (AvgIpc) is 2.24. The van der Waals surface area contributed by atoms with Gasteiger partial charge in [-0.2, -0.15) is 25.8 Å². The van der Waals surface area contributed by atoms with Crippen LogP contribution in [-0.4, -0.2) is 36.5 Å². The molecule has 0 aromatic carbocycles. The average molecular weight is 255 g/mol. The Bertz CT molecular complexity index is 188. The second-order valence-electron chi connectivity index (χ2n) is 4.44. The summed E-state index contributed by atoms with van der Waals surface area (Å²) in [5, 5.41) is 0. The number of halogens is 3. The van der Waals surface area contributed by atoms with Gasteiger partial charge in [-0.15, -0.1) is 0 Å². The number of alkyl halides is 3. The minimum atomic E-state index is -3.99. The fourth-order valence-corrected chi connectivity index (χ4v) is 2.33. The molecule has 0 aliphatic carbocycles. The zero-order chi connectivity index (χ0) is 12.0. The van der Waals surface area contributed by atoms with Crippen molar-refractivity contribution in [3.05, 3.63) is 0 Å². The quantitative estimate of drug-likeness (QED) is 0.582. The fraction of sp³-hybridized carbons (Fsp3) is 1.00. The first-order valence-electron chi connectivity index (χ1n) is 5.94. The Morgan fingerprint density at radius 2 is 1.69 bits per heavy atom. The smallest absolute Gasteiger partial charge is 0.303 e. The van der Waals surface area contributed by atoms with Crippen LogP contribution in [0.1, 0.15) is 32.1 Å². The second kappa shape index (κ2) is 6.74. The highest BCUT2D eigenvalue weighted by atomic mass is 32.1. The second-order valence-corrected chi connectivity index (χ2v) is 4.89. The van der Waals surface area contributed by atoms with E-state index in [9.17, 15) is 13.2 Å². The molecule has 5 heteroatoms. The lowest BCUT2D eigenvalue weighted by Gasteiger charge is -2.32. The predicted octanol–water partition coefficient (Wildman–Crippen LogP) is 3.36. The van der Waals surface area contributed by atoms with Crippen LogP contribution in [0.25, 0.3) is 0 Å². The van der Waals surface area contributed by atoms with Crippen molar-refractivity contribution in [2.45, 2.75) is 38.3 Å². The molecule has 0 radical (unpaired) electrons. The van der Waals surface area contributed by atoms with Crippen molar-refractivity contribution >= 4 is 12.6 Å². The van der Waals surface area contributed by atoms with Gasteiger partial charge in [0.15, 0.2) is 0 Å². The van der Waals surface area contributed by atoms with Crippen molar-refractivity contribution in [3.8, 4) is 0 Å². The van der Waals surface area contributed by atoms with E-state index >= 15 is 0 Å². The molecule has 0 atom stereocenters. The first-order valence-corrected chi connectivity index (χ1v) is 6.57. The van der Waals surface area contributed by atoms with Crippen molar-refractivity contribution in [2.24, 2.45) is 5.92 Å². The van der Waals surface area contributed by atoms with Crippen LogP contribution in [0.4, 0.5) is 13.2 Å². The van der Waals surface area contributed by atoms with Crippen molar-refractivity contribution in [3.63, 3.8) is 0 Å².